The molecule has 0 saturated carbocycles. The van der Waals surface area contributed by atoms with Crippen LogP contribution in [0.3, 0.4) is 0 Å². The van der Waals surface area contributed by atoms with E-state index in [9.17, 15) is 4.79 Å². The van der Waals surface area contributed by atoms with Gasteiger partial charge in [-0.2, -0.15) is 0 Å². The number of thioether (sulfide) groups is 1. The number of hydrogen-bond donors (Lipinski definition) is 1. The van der Waals surface area contributed by atoms with E-state index in [4.69, 9.17) is 16.3 Å². The van der Waals surface area contributed by atoms with Gasteiger partial charge >= 0.3 is 0 Å². The van der Waals surface area contributed by atoms with Gasteiger partial charge in [-0.1, -0.05) is 36.7 Å². The zero-order valence-corrected chi connectivity index (χ0v) is 18.0. The smallest absolute Gasteiger partial charge is 0.230 e. The average molecular weight is 431 g/mol. The third kappa shape index (κ3) is 5.52. The summed E-state index contributed by atoms with van der Waals surface area (Å²) < 4.78 is 7.19. The summed E-state index contributed by atoms with van der Waals surface area (Å²) in [7, 11) is 1.63. The van der Waals surface area contributed by atoms with Gasteiger partial charge in [0.2, 0.25) is 5.91 Å². The highest BCUT2D eigenvalue weighted by molar-refractivity contribution is 7.99. The van der Waals surface area contributed by atoms with Crippen molar-refractivity contribution < 1.29 is 9.53 Å². The predicted octanol–water partition coefficient (Wildman–Crippen LogP) is 4.60. The Kier molecular flexibility index (Phi) is 7.55. The third-order valence-electron chi connectivity index (χ3n) is 4.25. The Morgan fingerprint density at radius 2 is 1.86 bits per heavy atom. The molecule has 6 nitrogen and oxygen atoms in total. The second-order valence-corrected chi connectivity index (χ2v) is 7.72. The van der Waals surface area contributed by atoms with E-state index in [1.54, 1.807) is 7.11 Å². The van der Waals surface area contributed by atoms with Gasteiger partial charge in [-0.25, -0.2) is 0 Å². The number of hydrogen-bond acceptors (Lipinski definition) is 5. The Labute approximate surface area is 179 Å². The molecule has 0 aliphatic rings. The van der Waals surface area contributed by atoms with Crippen LogP contribution in [0.4, 0.5) is 0 Å². The Hall–Kier alpha value is -2.51. The fourth-order valence-electron chi connectivity index (χ4n) is 2.70. The third-order valence-corrected chi connectivity index (χ3v) is 5.43. The fraction of sp³-hybridized carbons (Fsp3) is 0.286. The van der Waals surface area contributed by atoms with Gasteiger partial charge in [0.05, 0.1) is 12.9 Å². The van der Waals surface area contributed by atoms with Crippen molar-refractivity contribution >= 4 is 29.3 Å². The summed E-state index contributed by atoms with van der Waals surface area (Å²) in [6.45, 7) is 2.79. The lowest BCUT2D eigenvalue weighted by Gasteiger charge is -2.11. The first-order chi connectivity index (χ1) is 14.1. The molecule has 0 fully saturated rings. The minimum atomic E-state index is -0.0132. The number of rotatable bonds is 9. The molecule has 0 spiro atoms. The molecule has 2 aromatic carbocycles. The number of carbonyl (C=O) groups is 1. The molecule has 1 heterocycles. The van der Waals surface area contributed by atoms with Crippen LogP contribution in [0.15, 0.2) is 53.7 Å². The van der Waals surface area contributed by atoms with Crippen molar-refractivity contribution in [2.75, 3.05) is 19.4 Å². The van der Waals surface area contributed by atoms with Crippen molar-refractivity contribution in [2.45, 2.75) is 24.9 Å². The Balaban J connectivity index is 1.89. The molecule has 0 radical (unpaired) electrons. The summed E-state index contributed by atoms with van der Waals surface area (Å²) in [4.78, 5) is 12.1. The first kappa shape index (κ1) is 21.2. The molecule has 0 aliphatic heterocycles. The molecule has 152 valence electrons. The number of nitrogens with zero attached hydrogens (tertiary/aromatic N) is 3. The quantitative estimate of drug-likeness (QED) is 0.396. The van der Waals surface area contributed by atoms with E-state index in [-0.39, 0.29) is 11.7 Å². The highest BCUT2D eigenvalue weighted by atomic mass is 35.5. The highest BCUT2D eigenvalue weighted by Crippen LogP contribution is 2.29. The van der Waals surface area contributed by atoms with Crippen molar-refractivity contribution in [1.82, 2.24) is 20.1 Å². The van der Waals surface area contributed by atoms with Gasteiger partial charge in [0, 0.05) is 22.8 Å². The molecule has 3 rings (SSSR count). The summed E-state index contributed by atoms with van der Waals surface area (Å²) in [5.41, 5.74) is 1.77. The van der Waals surface area contributed by atoms with Crippen molar-refractivity contribution in [3.05, 3.63) is 53.6 Å². The minimum Gasteiger partial charge on any atom is -0.497 e. The van der Waals surface area contributed by atoms with E-state index < -0.39 is 0 Å². The normalized spacial score (nSPS) is 10.7. The molecule has 3 aromatic rings. The molecule has 8 heteroatoms. The van der Waals surface area contributed by atoms with E-state index in [1.807, 2.05) is 53.1 Å². The molecule has 0 aliphatic carbocycles. The summed E-state index contributed by atoms with van der Waals surface area (Å²) in [6.07, 6.45) is 2.02. The summed E-state index contributed by atoms with van der Waals surface area (Å²) in [6, 6.07) is 15.1. The lowest BCUT2D eigenvalue weighted by molar-refractivity contribution is -0.118. The van der Waals surface area contributed by atoms with Gasteiger partial charge in [0.1, 0.15) is 5.75 Å². The van der Waals surface area contributed by atoms with Crippen LogP contribution in [-0.4, -0.2) is 40.1 Å². The average Bonchev–Trinajstić information content (AvgIpc) is 3.17. The van der Waals surface area contributed by atoms with Crippen LogP contribution in [0.5, 0.6) is 5.75 Å². The van der Waals surface area contributed by atoms with Crippen molar-refractivity contribution in [2.24, 2.45) is 0 Å². The second kappa shape index (κ2) is 10.3. The number of nitrogens with one attached hydrogen (secondary N) is 1. The zero-order chi connectivity index (χ0) is 20.6. The van der Waals surface area contributed by atoms with Crippen LogP contribution in [0, 0.1) is 0 Å². The number of aromatic nitrogens is 3. The molecular weight excluding hydrogens is 408 g/mol. The van der Waals surface area contributed by atoms with Gasteiger partial charge in [-0.05, 0) is 55.0 Å². The van der Waals surface area contributed by atoms with Gasteiger partial charge in [-0.3, -0.25) is 9.36 Å². The molecular formula is C21H23ClN4O2S. The SMILES string of the molecule is CCCCNC(=O)CSc1nnc(-c2ccc(Cl)cc2)n1-c1ccc(OC)cc1. The minimum absolute atomic E-state index is 0.0132. The number of benzene rings is 2. The van der Waals surface area contributed by atoms with Gasteiger partial charge in [0.15, 0.2) is 11.0 Å². The van der Waals surface area contributed by atoms with E-state index in [0.29, 0.717) is 22.5 Å². The standard InChI is InChI=1S/C21H23ClN4O2S/c1-3-4-13-23-19(27)14-29-21-25-24-20(15-5-7-16(22)8-6-15)26(21)17-9-11-18(28-2)12-10-17/h5-12H,3-4,13-14H2,1-2H3,(H,23,27). The predicted molar refractivity (Wildman–Crippen MR) is 117 cm³/mol. The Bertz CT molecular complexity index is 942. The number of unbranched alkanes of at least 4 members (excludes halogenated alkanes) is 1. The van der Waals surface area contributed by atoms with Crippen molar-refractivity contribution in [3.8, 4) is 22.8 Å². The molecule has 0 bridgehead atoms. The second-order valence-electron chi connectivity index (χ2n) is 6.34. The van der Waals surface area contributed by atoms with E-state index in [1.165, 1.54) is 11.8 Å². The van der Waals surface area contributed by atoms with Gasteiger partial charge in [-0.15, -0.1) is 10.2 Å². The van der Waals surface area contributed by atoms with Crippen LogP contribution in [0.1, 0.15) is 19.8 Å². The maximum absolute atomic E-state index is 12.1. The largest absolute Gasteiger partial charge is 0.497 e. The molecule has 1 N–H and O–H groups in total. The maximum atomic E-state index is 12.1. The lowest BCUT2D eigenvalue weighted by atomic mass is 10.2. The van der Waals surface area contributed by atoms with Crippen LogP contribution in [0.25, 0.3) is 17.1 Å². The first-order valence-electron chi connectivity index (χ1n) is 9.37. The topological polar surface area (TPSA) is 69.0 Å². The summed E-state index contributed by atoms with van der Waals surface area (Å²) in [5.74, 6) is 1.71. The van der Waals surface area contributed by atoms with Crippen molar-refractivity contribution in [3.63, 3.8) is 0 Å². The number of amides is 1. The number of ether oxygens (including phenoxy) is 1. The summed E-state index contributed by atoms with van der Waals surface area (Å²) >= 11 is 7.38. The molecule has 0 unspecified atom stereocenters. The molecule has 1 aromatic heterocycles. The van der Waals surface area contributed by atoms with Crippen LogP contribution < -0.4 is 10.1 Å². The number of methoxy groups -OCH3 is 1. The summed E-state index contributed by atoms with van der Waals surface area (Å²) in [5, 5.41) is 12.9. The number of carbonyl (C=O) groups excluding carboxylic acids is 1. The lowest BCUT2D eigenvalue weighted by Crippen LogP contribution is -2.26. The van der Waals surface area contributed by atoms with E-state index >= 15 is 0 Å². The van der Waals surface area contributed by atoms with E-state index in [2.05, 4.69) is 22.4 Å². The molecule has 0 atom stereocenters. The monoisotopic (exact) mass is 430 g/mol. The Morgan fingerprint density at radius 3 is 2.52 bits per heavy atom. The van der Waals surface area contributed by atoms with E-state index in [0.717, 1.165) is 29.8 Å². The van der Waals surface area contributed by atoms with Gasteiger partial charge in [0.25, 0.3) is 0 Å². The van der Waals surface area contributed by atoms with Crippen molar-refractivity contribution in [1.29, 1.82) is 0 Å². The number of halogens is 1. The Morgan fingerprint density at radius 1 is 1.14 bits per heavy atom. The van der Waals surface area contributed by atoms with Gasteiger partial charge < -0.3 is 10.1 Å². The fourth-order valence-corrected chi connectivity index (χ4v) is 3.61. The highest BCUT2D eigenvalue weighted by Gasteiger charge is 2.17. The first-order valence-corrected chi connectivity index (χ1v) is 10.7. The zero-order valence-electron chi connectivity index (χ0n) is 16.4. The van der Waals surface area contributed by atoms with Crippen LogP contribution in [-0.2, 0) is 4.79 Å². The maximum Gasteiger partial charge on any atom is 0.230 e. The van der Waals surface area contributed by atoms with Crippen LogP contribution >= 0.6 is 23.4 Å². The molecule has 1 amide bonds. The molecule has 29 heavy (non-hydrogen) atoms. The molecule has 0 saturated heterocycles. The van der Waals surface area contributed by atoms with Crippen LogP contribution in [0.2, 0.25) is 5.02 Å².